The number of hydrogen-bond acceptors (Lipinski definition) is 3. The molecule has 3 heteroatoms. The highest BCUT2D eigenvalue weighted by Gasteiger charge is 2.15. The minimum absolute atomic E-state index is 0.777. The number of aryl methyl sites for hydroxylation is 1. The largest absolute Gasteiger partial charge is 0.441 e. The third kappa shape index (κ3) is 2.50. The van der Waals surface area contributed by atoms with Crippen LogP contribution in [0.1, 0.15) is 25.2 Å². The molecule has 1 fully saturated rings. The second-order valence-electron chi connectivity index (χ2n) is 4.67. The predicted molar refractivity (Wildman–Crippen MR) is 65.9 cm³/mol. The molecule has 3 nitrogen and oxygen atoms in total. The van der Waals surface area contributed by atoms with Gasteiger partial charge in [0.25, 0.3) is 0 Å². The average molecular weight is 231 g/mol. The maximum atomic E-state index is 5.72. The maximum absolute atomic E-state index is 5.72. The third-order valence-electron chi connectivity index (χ3n) is 3.45. The van der Waals surface area contributed by atoms with E-state index in [9.17, 15) is 0 Å². The lowest BCUT2D eigenvalue weighted by Gasteiger charge is -2.21. The van der Waals surface area contributed by atoms with E-state index < -0.39 is 0 Å². The number of hydrogen-bond donors (Lipinski definition) is 0. The van der Waals surface area contributed by atoms with Crippen molar-refractivity contribution < 1.29 is 9.15 Å². The fourth-order valence-electron chi connectivity index (χ4n) is 2.39. The number of para-hydroxylation sites is 2. The summed E-state index contributed by atoms with van der Waals surface area (Å²) in [6, 6.07) is 7.94. The van der Waals surface area contributed by atoms with Gasteiger partial charge >= 0.3 is 0 Å². The Hall–Kier alpha value is -1.35. The Morgan fingerprint density at radius 2 is 2.00 bits per heavy atom. The fraction of sp³-hybridized carbons (Fsp3) is 0.500. The van der Waals surface area contributed by atoms with Crippen LogP contribution in [0.3, 0.4) is 0 Å². The summed E-state index contributed by atoms with van der Waals surface area (Å²) in [6.45, 7) is 1.83. The van der Waals surface area contributed by atoms with E-state index in [4.69, 9.17) is 9.15 Å². The maximum Gasteiger partial charge on any atom is 0.195 e. The summed E-state index contributed by atoms with van der Waals surface area (Å²) >= 11 is 0. The number of ether oxygens (including phenoxy) is 1. The highest BCUT2D eigenvalue weighted by molar-refractivity contribution is 5.72. The van der Waals surface area contributed by atoms with Gasteiger partial charge in [0.1, 0.15) is 5.52 Å². The molecular formula is C14H17NO2. The quantitative estimate of drug-likeness (QED) is 0.813. The number of nitrogens with zero attached hydrogens (tertiary/aromatic N) is 1. The number of benzene rings is 1. The standard InChI is InChI=1S/C14H17NO2/c1-2-4-13-12(3-1)15-14(17-13)6-5-11-7-9-16-10-8-11/h1-4,11H,5-10H2. The first-order valence-corrected chi connectivity index (χ1v) is 6.34. The molecule has 17 heavy (non-hydrogen) atoms. The van der Waals surface area contributed by atoms with Gasteiger partial charge in [0.05, 0.1) is 0 Å². The second kappa shape index (κ2) is 4.88. The van der Waals surface area contributed by atoms with Gasteiger partial charge in [0.2, 0.25) is 0 Å². The number of rotatable bonds is 3. The van der Waals surface area contributed by atoms with Crippen molar-refractivity contribution in [1.82, 2.24) is 4.98 Å². The Balaban J connectivity index is 1.64. The lowest BCUT2D eigenvalue weighted by Crippen LogP contribution is -2.16. The molecule has 0 spiro atoms. The van der Waals surface area contributed by atoms with Gasteiger partial charge in [-0.05, 0) is 37.3 Å². The monoisotopic (exact) mass is 231 g/mol. The third-order valence-corrected chi connectivity index (χ3v) is 3.45. The first-order chi connectivity index (χ1) is 8.42. The Labute approximate surface area is 101 Å². The van der Waals surface area contributed by atoms with E-state index in [1.807, 2.05) is 24.3 Å². The highest BCUT2D eigenvalue weighted by Crippen LogP contribution is 2.22. The van der Waals surface area contributed by atoms with E-state index in [-0.39, 0.29) is 0 Å². The van der Waals surface area contributed by atoms with E-state index in [0.29, 0.717) is 0 Å². The van der Waals surface area contributed by atoms with E-state index in [2.05, 4.69) is 4.98 Å². The van der Waals surface area contributed by atoms with Crippen molar-refractivity contribution in [3.05, 3.63) is 30.2 Å². The highest BCUT2D eigenvalue weighted by atomic mass is 16.5. The number of fused-ring (bicyclic) bond motifs is 1. The van der Waals surface area contributed by atoms with Gasteiger partial charge in [-0.3, -0.25) is 0 Å². The Kier molecular flexibility index (Phi) is 3.10. The topological polar surface area (TPSA) is 35.3 Å². The molecule has 0 radical (unpaired) electrons. The van der Waals surface area contributed by atoms with Crippen molar-refractivity contribution in [1.29, 1.82) is 0 Å². The molecule has 0 N–H and O–H groups in total. The van der Waals surface area contributed by atoms with Crippen LogP contribution >= 0.6 is 0 Å². The summed E-state index contributed by atoms with van der Waals surface area (Å²) in [6.07, 6.45) is 4.47. The van der Waals surface area contributed by atoms with Crippen LogP contribution in [0.2, 0.25) is 0 Å². The molecule has 1 aliphatic rings. The Bertz CT molecular complexity index is 453. The SMILES string of the molecule is c1ccc2oc(CCC3CCOCC3)nc2c1. The molecule has 0 saturated carbocycles. The van der Waals surface area contributed by atoms with E-state index in [1.165, 1.54) is 12.8 Å². The second-order valence-corrected chi connectivity index (χ2v) is 4.67. The van der Waals surface area contributed by atoms with Crippen LogP contribution < -0.4 is 0 Å². The summed E-state index contributed by atoms with van der Waals surface area (Å²) in [5, 5.41) is 0. The van der Waals surface area contributed by atoms with Crippen molar-refractivity contribution >= 4 is 11.1 Å². The van der Waals surface area contributed by atoms with Crippen LogP contribution in [0.15, 0.2) is 28.7 Å². The van der Waals surface area contributed by atoms with Crippen LogP contribution in [-0.4, -0.2) is 18.2 Å². The first-order valence-electron chi connectivity index (χ1n) is 6.34. The summed E-state index contributed by atoms with van der Waals surface area (Å²) in [5.41, 5.74) is 1.86. The van der Waals surface area contributed by atoms with Crippen LogP contribution in [0.4, 0.5) is 0 Å². The molecule has 1 aromatic carbocycles. The number of aromatic nitrogens is 1. The summed E-state index contributed by atoms with van der Waals surface area (Å²) in [4.78, 5) is 4.50. The van der Waals surface area contributed by atoms with E-state index >= 15 is 0 Å². The van der Waals surface area contributed by atoms with Crippen molar-refractivity contribution in [3.8, 4) is 0 Å². The van der Waals surface area contributed by atoms with Gasteiger partial charge in [0, 0.05) is 19.6 Å². The molecule has 0 amide bonds. The van der Waals surface area contributed by atoms with Gasteiger partial charge in [-0.15, -0.1) is 0 Å². The smallest absolute Gasteiger partial charge is 0.195 e. The normalized spacial score (nSPS) is 17.6. The first kappa shape index (κ1) is 10.8. The van der Waals surface area contributed by atoms with Crippen LogP contribution in [0.5, 0.6) is 0 Å². The fourth-order valence-corrected chi connectivity index (χ4v) is 2.39. The molecule has 2 heterocycles. The molecule has 0 atom stereocenters. The van der Waals surface area contributed by atoms with Gasteiger partial charge in [-0.1, -0.05) is 12.1 Å². The van der Waals surface area contributed by atoms with Gasteiger partial charge in [0.15, 0.2) is 11.5 Å². The van der Waals surface area contributed by atoms with Crippen molar-refractivity contribution in [2.24, 2.45) is 5.92 Å². The van der Waals surface area contributed by atoms with Gasteiger partial charge in [-0.25, -0.2) is 4.98 Å². The zero-order valence-corrected chi connectivity index (χ0v) is 9.89. The molecule has 0 aliphatic carbocycles. The minimum atomic E-state index is 0.777. The zero-order chi connectivity index (χ0) is 11.5. The summed E-state index contributed by atoms with van der Waals surface area (Å²) in [5.74, 6) is 1.65. The predicted octanol–water partition coefficient (Wildman–Crippen LogP) is 3.19. The molecular weight excluding hydrogens is 214 g/mol. The molecule has 0 unspecified atom stereocenters. The minimum Gasteiger partial charge on any atom is -0.441 e. The molecule has 1 aliphatic heterocycles. The molecule has 0 bridgehead atoms. The van der Waals surface area contributed by atoms with Crippen LogP contribution in [0.25, 0.3) is 11.1 Å². The molecule has 3 rings (SSSR count). The van der Waals surface area contributed by atoms with Crippen molar-refractivity contribution in [2.45, 2.75) is 25.7 Å². The van der Waals surface area contributed by atoms with E-state index in [1.54, 1.807) is 0 Å². The lowest BCUT2D eigenvalue weighted by molar-refractivity contribution is 0.0635. The Morgan fingerprint density at radius 1 is 1.18 bits per heavy atom. The van der Waals surface area contributed by atoms with Crippen molar-refractivity contribution in [2.75, 3.05) is 13.2 Å². The van der Waals surface area contributed by atoms with Crippen LogP contribution in [-0.2, 0) is 11.2 Å². The Morgan fingerprint density at radius 3 is 2.82 bits per heavy atom. The summed E-state index contributed by atoms with van der Waals surface area (Å²) in [7, 11) is 0. The number of oxazole rings is 1. The molecule has 1 aromatic heterocycles. The van der Waals surface area contributed by atoms with Crippen molar-refractivity contribution in [3.63, 3.8) is 0 Å². The molecule has 1 saturated heterocycles. The van der Waals surface area contributed by atoms with Crippen LogP contribution in [0, 0.1) is 5.92 Å². The molecule has 90 valence electrons. The molecule has 2 aromatic rings. The summed E-state index contributed by atoms with van der Waals surface area (Å²) < 4.78 is 11.1. The average Bonchev–Trinajstić information content (AvgIpc) is 2.80. The van der Waals surface area contributed by atoms with Gasteiger partial charge in [-0.2, -0.15) is 0 Å². The lowest BCUT2D eigenvalue weighted by atomic mass is 9.95. The van der Waals surface area contributed by atoms with E-state index in [0.717, 1.165) is 49.0 Å². The van der Waals surface area contributed by atoms with Gasteiger partial charge < -0.3 is 9.15 Å². The zero-order valence-electron chi connectivity index (χ0n) is 9.89.